The van der Waals surface area contributed by atoms with Gasteiger partial charge in [-0.25, -0.2) is 4.98 Å². The summed E-state index contributed by atoms with van der Waals surface area (Å²) in [5, 5.41) is 3.26. The Hall–Kier alpha value is -1.68. The van der Waals surface area contributed by atoms with Gasteiger partial charge < -0.3 is 4.90 Å². The lowest BCUT2D eigenvalue weighted by atomic mass is 9.93. The fourth-order valence-corrected chi connectivity index (χ4v) is 3.60. The first-order valence-corrected chi connectivity index (χ1v) is 8.39. The summed E-state index contributed by atoms with van der Waals surface area (Å²) in [6, 6.07) is 10.0. The Morgan fingerprint density at radius 1 is 1.24 bits per heavy atom. The molecule has 1 saturated heterocycles. The summed E-state index contributed by atoms with van der Waals surface area (Å²) >= 11 is 1.73. The molecule has 0 saturated carbocycles. The molecule has 0 atom stereocenters. The molecule has 2 heterocycles. The van der Waals surface area contributed by atoms with Crippen LogP contribution >= 0.6 is 11.3 Å². The quantitative estimate of drug-likeness (QED) is 0.869. The molecule has 1 fully saturated rings. The number of nitrogens with zero attached hydrogens (tertiary/aromatic N) is 2. The molecular weight excluding hydrogens is 280 g/mol. The Labute approximate surface area is 129 Å². The molecule has 0 N–H and O–H groups in total. The third kappa shape index (κ3) is 3.91. The first-order chi connectivity index (χ1) is 10.3. The number of piperidine rings is 1. The van der Waals surface area contributed by atoms with E-state index in [4.69, 9.17) is 0 Å². The molecule has 1 aromatic carbocycles. The standard InChI is InChI=1S/C17H20N2OS/c20-17(13-14-4-2-1-3-5-14)19-9-6-15(7-10-19)12-16-18-8-11-21-16/h1-5,8,11,15H,6-7,9-10,12-13H2. The van der Waals surface area contributed by atoms with Crippen molar-refractivity contribution in [1.29, 1.82) is 0 Å². The summed E-state index contributed by atoms with van der Waals surface area (Å²) in [7, 11) is 0. The van der Waals surface area contributed by atoms with Crippen LogP contribution in [0.15, 0.2) is 41.9 Å². The Morgan fingerprint density at radius 3 is 2.67 bits per heavy atom. The molecule has 1 aliphatic rings. The SMILES string of the molecule is O=C(Cc1ccccc1)N1CCC(Cc2nccs2)CC1. The minimum Gasteiger partial charge on any atom is -0.342 e. The molecule has 1 aromatic heterocycles. The molecule has 21 heavy (non-hydrogen) atoms. The summed E-state index contributed by atoms with van der Waals surface area (Å²) in [6.45, 7) is 1.78. The van der Waals surface area contributed by atoms with E-state index in [1.54, 1.807) is 11.3 Å². The lowest BCUT2D eigenvalue weighted by Gasteiger charge is -2.31. The Kier molecular flexibility index (Phi) is 4.65. The third-order valence-corrected chi connectivity index (χ3v) is 4.91. The lowest BCUT2D eigenvalue weighted by Crippen LogP contribution is -2.39. The minimum absolute atomic E-state index is 0.258. The maximum Gasteiger partial charge on any atom is 0.226 e. The van der Waals surface area contributed by atoms with Crippen molar-refractivity contribution in [2.24, 2.45) is 5.92 Å². The van der Waals surface area contributed by atoms with Crippen molar-refractivity contribution in [3.63, 3.8) is 0 Å². The largest absolute Gasteiger partial charge is 0.342 e. The Balaban J connectivity index is 1.48. The number of aromatic nitrogens is 1. The fraction of sp³-hybridized carbons (Fsp3) is 0.412. The van der Waals surface area contributed by atoms with E-state index in [1.807, 2.05) is 46.8 Å². The van der Waals surface area contributed by atoms with Gasteiger partial charge in [0.1, 0.15) is 0 Å². The molecule has 110 valence electrons. The van der Waals surface area contributed by atoms with Crippen molar-refractivity contribution >= 4 is 17.2 Å². The smallest absolute Gasteiger partial charge is 0.226 e. The average Bonchev–Trinajstić information content (AvgIpc) is 3.02. The van der Waals surface area contributed by atoms with Gasteiger partial charge in [0.2, 0.25) is 5.91 Å². The van der Waals surface area contributed by atoms with E-state index in [1.165, 1.54) is 5.01 Å². The maximum atomic E-state index is 12.3. The van der Waals surface area contributed by atoms with Gasteiger partial charge in [-0.05, 0) is 24.3 Å². The summed E-state index contributed by atoms with van der Waals surface area (Å²) < 4.78 is 0. The molecule has 1 amide bonds. The molecule has 0 radical (unpaired) electrons. The molecule has 0 aliphatic carbocycles. The van der Waals surface area contributed by atoms with Crippen LogP contribution in [-0.2, 0) is 17.6 Å². The average molecular weight is 300 g/mol. The fourth-order valence-electron chi connectivity index (χ4n) is 2.87. The highest BCUT2D eigenvalue weighted by molar-refractivity contribution is 7.09. The molecule has 4 heteroatoms. The van der Waals surface area contributed by atoms with Gasteiger partial charge >= 0.3 is 0 Å². The van der Waals surface area contributed by atoms with Crippen molar-refractivity contribution in [3.8, 4) is 0 Å². The van der Waals surface area contributed by atoms with Gasteiger partial charge in [0, 0.05) is 31.1 Å². The second kappa shape index (κ2) is 6.85. The van der Waals surface area contributed by atoms with Gasteiger partial charge in [-0.3, -0.25) is 4.79 Å². The second-order valence-corrected chi connectivity index (χ2v) is 6.60. The minimum atomic E-state index is 0.258. The zero-order chi connectivity index (χ0) is 14.5. The van der Waals surface area contributed by atoms with Crippen LogP contribution in [0.5, 0.6) is 0 Å². The molecule has 3 nitrogen and oxygen atoms in total. The monoisotopic (exact) mass is 300 g/mol. The number of thiazole rings is 1. The number of likely N-dealkylation sites (tertiary alicyclic amines) is 1. The van der Waals surface area contributed by atoms with Gasteiger partial charge in [-0.15, -0.1) is 11.3 Å². The van der Waals surface area contributed by atoms with Gasteiger partial charge in [0.05, 0.1) is 11.4 Å². The van der Waals surface area contributed by atoms with Crippen LogP contribution in [0.1, 0.15) is 23.4 Å². The highest BCUT2D eigenvalue weighted by Gasteiger charge is 2.23. The van der Waals surface area contributed by atoms with Crippen molar-refractivity contribution in [1.82, 2.24) is 9.88 Å². The summed E-state index contributed by atoms with van der Waals surface area (Å²) in [6.07, 6.45) is 5.66. The molecule has 3 rings (SSSR count). The topological polar surface area (TPSA) is 33.2 Å². The molecule has 0 spiro atoms. The second-order valence-electron chi connectivity index (χ2n) is 5.62. The predicted octanol–water partition coefficient (Wildman–Crippen LogP) is 3.17. The summed E-state index contributed by atoms with van der Waals surface area (Å²) in [4.78, 5) is 18.7. The zero-order valence-corrected chi connectivity index (χ0v) is 12.9. The normalized spacial score (nSPS) is 16.1. The summed E-state index contributed by atoms with van der Waals surface area (Å²) in [5.41, 5.74) is 1.10. The molecule has 2 aromatic rings. The van der Waals surface area contributed by atoms with E-state index in [0.29, 0.717) is 12.3 Å². The molecular formula is C17H20N2OS. The van der Waals surface area contributed by atoms with Crippen LogP contribution in [0.25, 0.3) is 0 Å². The zero-order valence-electron chi connectivity index (χ0n) is 12.1. The van der Waals surface area contributed by atoms with Gasteiger partial charge in [-0.2, -0.15) is 0 Å². The number of hydrogen-bond acceptors (Lipinski definition) is 3. The van der Waals surface area contributed by atoms with Crippen LogP contribution in [0.2, 0.25) is 0 Å². The van der Waals surface area contributed by atoms with Crippen molar-refractivity contribution in [2.45, 2.75) is 25.7 Å². The van der Waals surface area contributed by atoms with E-state index < -0.39 is 0 Å². The lowest BCUT2D eigenvalue weighted by molar-refractivity contribution is -0.131. The highest BCUT2D eigenvalue weighted by Crippen LogP contribution is 2.23. The van der Waals surface area contributed by atoms with E-state index in [9.17, 15) is 4.79 Å². The van der Waals surface area contributed by atoms with Crippen LogP contribution in [-0.4, -0.2) is 28.9 Å². The molecule has 0 unspecified atom stereocenters. The Morgan fingerprint density at radius 2 is 2.00 bits per heavy atom. The highest BCUT2D eigenvalue weighted by atomic mass is 32.1. The van der Waals surface area contributed by atoms with E-state index >= 15 is 0 Å². The van der Waals surface area contributed by atoms with Crippen LogP contribution in [0, 0.1) is 5.92 Å². The maximum absolute atomic E-state index is 12.3. The molecule has 0 bridgehead atoms. The number of benzene rings is 1. The number of carbonyl (C=O) groups is 1. The first kappa shape index (κ1) is 14.3. The Bertz CT molecular complexity index is 560. The van der Waals surface area contributed by atoms with Crippen molar-refractivity contribution < 1.29 is 4.79 Å². The van der Waals surface area contributed by atoms with E-state index in [2.05, 4.69) is 4.98 Å². The van der Waals surface area contributed by atoms with Crippen LogP contribution in [0.3, 0.4) is 0 Å². The van der Waals surface area contributed by atoms with Crippen molar-refractivity contribution in [3.05, 3.63) is 52.5 Å². The number of amides is 1. The van der Waals surface area contributed by atoms with Crippen molar-refractivity contribution in [2.75, 3.05) is 13.1 Å². The van der Waals surface area contributed by atoms with E-state index in [-0.39, 0.29) is 5.91 Å². The predicted molar refractivity (Wildman–Crippen MR) is 85.3 cm³/mol. The van der Waals surface area contributed by atoms with Gasteiger partial charge in [0.25, 0.3) is 0 Å². The summed E-state index contributed by atoms with van der Waals surface area (Å²) in [5.74, 6) is 0.936. The first-order valence-electron chi connectivity index (χ1n) is 7.51. The molecule has 1 aliphatic heterocycles. The third-order valence-electron chi connectivity index (χ3n) is 4.11. The number of rotatable bonds is 4. The number of carbonyl (C=O) groups excluding carboxylic acids is 1. The number of hydrogen-bond donors (Lipinski definition) is 0. The van der Waals surface area contributed by atoms with E-state index in [0.717, 1.165) is 37.9 Å². The van der Waals surface area contributed by atoms with Gasteiger partial charge in [0.15, 0.2) is 0 Å². The van der Waals surface area contributed by atoms with Gasteiger partial charge in [-0.1, -0.05) is 30.3 Å². The van der Waals surface area contributed by atoms with Crippen LogP contribution < -0.4 is 0 Å². The van der Waals surface area contributed by atoms with Crippen LogP contribution in [0.4, 0.5) is 0 Å².